The summed E-state index contributed by atoms with van der Waals surface area (Å²) in [6.07, 6.45) is 0.834. The molecule has 2 aromatic rings. The Bertz CT molecular complexity index is 666. The Morgan fingerprint density at radius 1 is 1.12 bits per heavy atom. The third-order valence-corrected chi connectivity index (χ3v) is 4.82. The van der Waals surface area contributed by atoms with Crippen LogP contribution in [0.3, 0.4) is 0 Å². The summed E-state index contributed by atoms with van der Waals surface area (Å²) < 4.78 is 5.79. The van der Waals surface area contributed by atoms with E-state index in [0.717, 1.165) is 30.8 Å². The number of hydrogen-bond donors (Lipinski definition) is 2. The third-order valence-electron chi connectivity index (χ3n) is 4.82. The van der Waals surface area contributed by atoms with Crippen LogP contribution in [0.1, 0.15) is 18.1 Å². The summed E-state index contributed by atoms with van der Waals surface area (Å²) in [5, 5.41) is 6.26. The van der Waals surface area contributed by atoms with Crippen LogP contribution in [-0.4, -0.2) is 25.5 Å². The molecule has 1 unspecified atom stereocenters. The van der Waals surface area contributed by atoms with Crippen LogP contribution in [0.4, 0.5) is 0 Å². The maximum atomic E-state index is 12.1. The molecule has 25 heavy (non-hydrogen) atoms. The van der Waals surface area contributed by atoms with Gasteiger partial charge >= 0.3 is 0 Å². The van der Waals surface area contributed by atoms with E-state index in [0.29, 0.717) is 19.1 Å². The van der Waals surface area contributed by atoms with Crippen LogP contribution in [0.15, 0.2) is 54.6 Å². The van der Waals surface area contributed by atoms with Crippen LogP contribution in [0.2, 0.25) is 0 Å². The number of nitrogens with one attached hydrogen (secondary N) is 2. The first-order valence-corrected chi connectivity index (χ1v) is 8.96. The lowest BCUT2D eigenvalue weighted by Gasteiger charge is -2.31. The van der Waals surface area contributed by atoms with E-state index in [1.165, 1.54) is 5.56 Å². The Balaban J connectivity index is 1.39. The van der Waals surface area contributed by atoms with Gasteiger partial charge < -0.3 is 15.4 Å². The summed E-state index contributed by atoms with van der Waals surface area (Å²) in [4.78, 5) is 12.1. The first kappa shape index (κ1) is 17.5. The highest BCUT2D eigenvalue weighted by Gasteiger charge is 2.28. The molecule has 2 aromatic carbocycles. The van der Waals surface area contributed by atoms with Crippen molar-refractivity contribution >= 4 is 5.91 Å². The molecular formula is C21H26N2O2. The average molecular weight is 338 g/mol. The molecule has 0 aliphatic carbocycles. The first-order valence-electron chi connectivity index (χ1n) is 8.96. The fourth-order valence-electron chi connectivity index (χ4n) is 2.86. The van der Waals surface area contributed by atoms with E-state index in [1.54, 1.807) is 0 Å². The lowest BCUT2D eigenvalue weighted by molar-refractivity contribution is -0.126. The largest absolute Gasteiger partial charge is 0.489 e. The van der Waals surface area contributed by atoms with Gasteiger partial charge in [-0.2, -0.15) is 0 Å². The molecule has 0 radical (unpaired) electrons. The minimum Gasteiger partial charge on any atom is -0.489 e. The van der Waals surface area contributed by atoms with E-state index in [9.17, 15) is 4.79 Å². The number of ether oxygens (including phenoxy) is 1. The topological polar surface area (TPSA) is 50.4 Å². The van der Waals surface area contributed by atoms with Crippen molar-refractivity contribution in [3.63, 3.8) is 0 Å². The smallest absolute Gasteiger partial charge is 0.223 e. The highest BCUT2D eigenvalue weighted by atomic mass is 16.5. The predicted octanol–water partition coefficient (Wildman–Crippen LogP) is 2.78. The molecule has 4 heteroatoms. The molecule has 1 atom stereocenters. The minimum atomic E-state index is 0.0926. The minimum absolute atomic E-state index is 0.0926. The Morgan fingerprint density at radius 2 is 1.84 bits per heavy atom. The van der Waals surface area contributed by atoms with Gasteiger partial charge in [-0.15, -0.1) is 0 Å². The second kappa shape index (κ2) is 8.67. The first-order chi connectivity index (χ1) is 12.2. The van der Waals surface area contributed by atoms with Crippen LogP contribution in [0.25, 0.3) is 0 Å². The van der Waals surface area contributed by atoms with E-state index in [1.807, 2.05) is 37.3 Å². The second-order valence-electron chi connectivity index (χ2n) is 6.67. The lowest BCUT2D eigenvalue weighted by atomic mass is 9.88. The molecule has 1 fully saturated rings. The van der Waals surface area contributed by atoms with Gasteiger partial charge in [0.25, 0.3) is 0 Å². The Morgan fingerprint density at radius 3 is 2.48 bits per heavy atom. The molecule has 132 valence electrons. The van der Waals surface area contributed by atoms with Crippen molar-refractivity contribution in [2.24, 2.45) is 11.8 Å². The zero-order chi connectivity index (χ0) is 17.5. The zero-order valence-electron chi connectivity index (χ0n) is 14.7. The van der Waals surface area contributed by atoms with Crippen molar-refractivity contribution in [3.8, 4) is 5.75 Å². The average Bonchev–Trinajstić information content (AvgIpc) is 2.60. The van der Waals surface area contributed by atoms with Crippen LogP contribution in [0.5, 0.6) is 5.75 Å². The van der Waals surface area contributed by atoms with Crippen molar-refractivity contribution < 1.29 is 9.53 Å². The summed E-state index contributed by atoms with van der Waals surface area (Å²) in [5.74, 6) is 1.60. The molecular weight excluding hydrogens is 312 g/mol. The normalized spacial score (nSPS) is 15.2. The van der Waals surface area contributed by atoms with Crippen LogP contribution in [-0.2, 0) is 17.8 Å². The molecule has 4 nitrogen and oxygen atoms in total. The van der Waals surface area contributed by atoms with Gasteiger partial charge in [0, 0.05) is 12.5 Å². The molecule has 1 amide bonds. The molecule has 2 N–H and O–H groups in total. The summed E-state index contributed by atoms with van der Waals surface area (Å²) in [6, 6.07) is 18.2. The van der Waals surface area contributed by atoms with Crippen LogP contribution < -0.4 is 15.4 Å². The number of carbonyl (C=O) groups is 1. The van der Waals surface area contributed by atoms with Gasteiger partial charge in [0.1, 0.15) is 12.4 Å². The molecule has 1 aliphatic heterocycles. The second-order valence-corrected chi connectivity index (χ2v) is 6.67. The number of amides is 1. The highest BCUT2D eigenvalue weighted by molar-refractivity contribution is 5.78. The molecule has 3 rings (SSSR count). The monoisotopic (exact) mass is 338 g/mol. The van der Waals surface area contributed by atoms with Crippen molar-refractivity contribution in [2.45, 2.75) is 20.0 Å². The van der Waals surface area contributed by atoms with Crippen molar-refractivity contribution in [1.82, 2.24) is 10.6 Å². The van der Waals surface area contributed by atoms with E-state index in [4.69, 9.17) is 4.74 Å². The van der Waals surface area contributed by atoms with Crippen molar-refractivity contribution in [3.05, 3.63) is 65.7 Å². The van der Waals surface area contributed by atoms with E-state index >= 15 is 0 Å². The highest BCUT2D eigenvalue weighted by Crippen LogP contribution is 2.16. The summed E-state index contributed by atoms with van der Waals surface area (Å²) >= 11 is 0. The van der Waals surface area contributed by atoms with Gasteiger partial charge in [-0.25, -0.2) is 0 Å². The quantitative estimate of drug-likeness (QED) is 0.778. The number of carbonyl (C=O) groups excluding carboxylic acids is 1. The van der Waals surface area contributed by atoms with E-state index in [-0.39, 0.29) is 11.8 Å². The Hall–Kier alpha value is -2.33. The van der Waals surface area contributed by atoms with Crippen LogP contribution >= 0.6 is 0 Å². The summed E-state index contributed by atoms with van der Waals surface area (Å²) in [6.45, 7) is 5.18. The fourth-order valence-corrected chi connectivity index (χ4v) is 2.86. The Labute approximate surface area is 149 Å². The summed E-state index contributed by atoms with van der Waals surface area (Å²) in [7, 11) is 0. The van der Waals surface area contributed by atoms with Gasteiger partial charge in [0.05, 0.1) is 0 Å². The zero-order valence-corrected chi connectivity index (χ0v) is 14.7. The predicted molar refractivity (Wildman–Crippen MR) is 99.5 cm³/mol. The molecule has 0 saturated carbocycles. The SMILES string of the molecule is CC(C(=O)NCCc1ccc(OCc2ccccc2)cc1)C1CNC1. The van der Waals surface area contributed by atoms with Gasteiger partial charge in [-0.3, -0.25) is 4.79 Å². The van der Waals surface area contributed by atoms with Gasteiger partial charge in [-0.05, 0) is 48.7 Å². The van der Waals surface area contributed by atoms with Crippen molar-refractivity contribution in [2.75, 3.05) is 19.6 Å². The number of rotatable bonds is 8. The fraction of sp³-hybridized carbons (Fsp3) is 0.381. The lowest BCUT2D eigenvalue weighted by Crippen LogP contribution is -2.49. The van der Waals surface area contributed by atoms with E-state index < -0.39 is 0 Å². The Kier molecular flexibility index (Phi) is 6.07. The molecule has 1 aliphatic rings. The third kappa shape index (κ3) is 5.07. The molecule has 1 heterocycles. The number of benzene rings is 2. The standard InChI is InChI=1S/C21H26N2O2/c1-16(19-13-22-14-19)21(24)23-12-11-17-7-9-20(10-8-17)25-15-18-5-3-2-4-6-18/h2-10,16,19,22H,11-15H2,1H3,(H,23,24). The molecule has 1 saturated heterocycles. The summed E-state index contributed by atoms with van der Waals surface area (Å²) in [5.41, 5.74) is 2.36. The van der Waals surface area contributed by atoms with Gasteiger partial charge in [0.2, 0.25) is 5.91 Å². The van der Waals surface area contributed by atoms with Crippen LogP contribution in [0, 0.1) is 11.8 Å². The maximum absolute atomic E-state index is 12.1. The van der Waals surface area contributed by atoms with E-state index in [2.05, 4.69) is 34.9 Å². The van der Waals surface area contributed by atoms with Crippen molar-refractivity contribution in [1.29, 1.82) is 0 Å². The maximum Gasteiger partial charge on any atom is 0.223 e. The molecule has 0 bridgehead atoms. The molecule has 0 aromatic heterocycles. The van der Waals surface area contributed by atoms with Gasteiger partial charge in [0.15, 0.2) is 0 Å². The number of hydrogen-bond acceptors (Lipinski definition) is 3. The molecule has 0 spiro atoms. The van der Waals surface area contributed by atoms with Gasteiger partial charge in [-0.1, -0.05) is 49.4 Å².